The number of benzene rings is 2. The summed E-state index contributed by atoms with van der Waals surface area (Å²) in [4.78, 5) is 25.8. The number of carbonyl (C=O) groups excluding carboxylic acids is 2. The zero-order valence-electron chi connectivity index (χ0n) is 18.6. The Kier molecular flexibility index (Phi) is 9.14. The van der Waals surface area contributed by atoms with Crippen molar-refractivity contribution in [1.29, 1.82) is 0 Å². The van der Waals surface area contributed by atoms with Crippen molar-refractivity contribution in [2.75, 3.05) is 6.61 Å². The monoisotopic (exact) mass is 422 g/mol. The molecule has 0 saturated heterocycles. The highest BCUT2D eigenvalue weighted by molar-refractivity contribution is 5.85. The van der Waals surface area contributed by atoms with E-state index in [0.717, 1.165) is 36.8 Å². The summed E-state index contributed by atoms with van der Waals surface area (Å²) < 4.78 is 11.4. The molecule has 2 unspecified atom stereocenters. The molecule has 1 fully saturated rings. The van der Waals surface area contributed by atoms with Crippen LogP contribution in [0.5, 0.6) is 5.75 Å². The van der Waals surface area contributed by atoms with Gasteiger partial charge >= 0.3 is 11.9 Å². The van der Waals surface area contributed by atoms with Gasteiger partial charge in [-0.15, -0.1) is 0 Å². The van der Waals surface area contributed by atoms with E-state index in [2.05, 4.69) is 6.92 Å². The van der Waals surface area contributed by atoms with E-state index in [1.54, 1.807) is 0 Å². The molecular formula is C27H34O4. The minimum atomic E-state index is -0.440. The van der Waals surface area contributed by atoms with Gasteiger partial charge in [0.15, 0.2) is 0 Å². The van der Waals surface area contributed by atoms with Crippen LogP contribution in [0.15, 0.2) is 54.6 Å². The van der Waals surface area contributed by atoms with E-state index in [0.29, 0.717) is 25.2 Å². The predicted molar refractivity (Wildman–Crippen MR) is 123 cm³/mol. The fourth-order valence-electron chi connectivity index (χ4n) is 4.28. The average Bonchev–Trinajstić information content (AvgIpc) is 2.82. The first-order valence-electron chi connectivity index (χ1n) is 11.7. The molecule has 0 heterocycles. The van der Waals surface area contributed by atoms with Gasteiger partial charge in [-0.05, 0) is 30.9 Å². The maximum Gasteiger partial charge on any atom is 0.315 e. The maximum absolute atomic E-state index is 13.1. The van der Waals surface area contributed by atoms with Crippen molar-refractivity contribution in [3.63, 3.8) is 0 Å². The van der Waals surface area contributed by atoms with Gasteiger partial charge in [0.05, 0.1) is 18.4 Å². The lowest BCUT2D eigenvalue weighted by Crippen LogP contribution is -2.36. The summed E-state index contributed by atoms with van der Waals surface area (Å²) in [5.74, 6) is -0.875. The predicted octanol–water partition coefficient (Wildman–Crippen LogP) is 6.58. The van der Waals surface area contributed by atoms with Crippen molar-refractivity contribution >= 4 is 11.9 Å². The molecule has 2 aromatic carbocycles. The minimum absolute atomic E-state index is 0.242. The molecule has 1 saturated carbocycles. The molecule has 1 aliphatic carbocycles. The Morgan fingerprint density at radius 2 is 1.45 bits per heavy atom. The first-order chi connectivity index (χ1) is 15.2. The SMILES string of the molecule is CCCCCCCOC(=O)C1CCCCC1C(=O)Oc1ccccc1-c1ccccc1. The van der Waals surface area contributed by atoms with E-state index in [4.69, 9.17) is 9.47 Å². The van der Waals surface area contributed by atoms with Gasteiger partial charge in [0.1, 0.15) is 5.75 Å². The molecule has 166 valence electrons. The molecule has 0 spiro atoms. The van der Waals surface area contributed by atoms with Crippen LogP contribution in [-0.4, -0.2) is 18.5 Å². The van der Waals surface area contributed by atoms with Crippen molar-refractivity contribution < 1.29 is 19.1 Å². The van der Waals surface area contributed by atoms with Crippen LogP contribution in [-0.2, 0) is 14.3 Å². The van der Waals surface area contributed by atoms with Crippen molar-refractivity contribution in [2.24, 2.45) is 11.8 Å². The Hall–Kier alpha value is -2.62. The maximum atomic E-state index is 13.1. The zero-order valence-corrected chi connectivity index (χ0v) is 18.6. The van der Waals surface area contributed by atoms with Crippen molar-refractivity contribution in [3.05, 3.63) is 54.6 Å². The average molecular weight is 423 g/mol. The zero-order chi connectivity index (χ0) is 21.9. The van der Waals surface area contributed by atoms with E-state index in [1.165, 1.54) is 19.3 Å². The van der Waals surface area contributed by atoms with Crippen LogP contribution >= 0.6 is 0 Å². The third-order valence-corrected chi connectivity index (χ3v) is 6.05. The molecule has 1 aliphatic rings. The summed E-state index contributed by atoms with van der Waals surface area (Å²) in [7, 11) is 0. The number of rotatable bonds is 10. The highest BCUT2D eigenvalue weighted by Crippen LogP contribution is 2.35. The van der Waals surface area contributed by atoms with E-state index < -0.39 is 11.8 Å². The molecule has 0 radical (unpaired) electrons. The fourth-order valence-corrected chi connectivity index (χ4v) is 4.28. The Labute approximate surface area is 186 Å². The summed E-state index contributed by atoms with van der Waals surface area (Å²) in [6.07, 6.45) is 8.78. The fraction of sp³-hybridized carbons (Fsp3) is 0.481. The second-order valence-corrected chi connectivity index (χ2v) is 8.36. The molecule has 0 amide bonds. The van der Waals surface area contributed by atoms with Gasteiger partial charge in [0.25, 0.3) is 0 Å². The second-order valence-electron chi connectivity index (χ2n) is 8.36. The van der Waals surface area contributed by atoms with Crippen molar-refractivity contribution in [1.82, 2.24) is 0 Å². The van der Waals surface area contributed by atoms with Gasteiger partial charge in [-0.3, -0.25) is 9.59 Å². The topological polar surface area (TPSA) is 52.6 Å². The second kappa shape index (κ2) is 12.3. The summed E-state index contributed by atoms with van der Waals surface area (Å²) >= 11 is 0. The minimum Gasteiger partial charge on any atom is -0.465 e. The summed E-state index contributed by atoms with van der Waals surface area (Å²) in [6, 6.07) is 17.4. The number of carbonyl (C=O) groups is 2. The third-order valence-electron chi connectivity index (χ3n) is 6.05. The van der Waals surface area contributed by atoms with Crippen LogP contribution in [0.25, 0.3) is 11.1 Å². The van der Waals surface area contributed by atoms with Crippen molar-refractivity contribution in [3.8, 4) is 16.9 Å². The molecule has 0 N–H and O–H groups in total. The summed E-state index contributed by atoms with van der Waals surface area (Å²) in [5, 5.41) is 0. The Morgan fingerprint density at radius 3 is 2.19 bits per heavy atom. The lowest BCUT2D eigenvalue weighted by Gasteiger charge is -2.28. The molecule has 2 aromatic rings. The largest absolute Gasteiger partial charge is 0.465 e. The normalized spacial score (nSPS) is 18.4. The van der Waals surface area contributed by atoms with E-state index in [1.807, 2.05) is 54.6 Å². The third kappa shape index (κ3) is 6.68. The van der Waals surface area contributed by atoms with Crippen LogP contribution in [0.1, 0.15) is 64.7 Å². The molecule has 3 rings (SSSR count). The number of para-hydroxylation sites is 1. The van der Waals surface area contributed by atoms with E-state index in [9.17, 15) is 9.59 Å². The number of hydrogen-bond donors (Lipinski definition) is 0. The molecule has 4 nitrogen and oxygen atoms in total. The van der Waals surface area contributed by atoms with Crippen LogP contribution in [0.3, 0.4) is 0 Å². The van der Waals surface area contributed by atoms with Gasteiger partial charge in [0, 0.05) is 5.56 Å². The van der Waals surface area contributed by atoms with E-state index >= 15 is 0 Å². The molecule has 0 aliphatic heterocycles. The van der Waals surface area contributed by atoms with Gasteiger partial charge < -0.3 is 9.47 Å². The standard InChI is InChI=1S/C27H34O4/c1-2-3-4-5-13-20-30-26(28)23-17-9-10-18-24(23)27(29)31-25-19-12-11-16-22(25)21-14-7-6-8-15-21/h6-8,11-12,14-16,19,23-24H,2-5,9-10,13,17-18,20H2,1H3. The Balaban J connectivity index is 1.62. The number of esters is 2. The molecule has 0 bridgehead atoms. The Bertz CT molecular complexity index is 830. The molecule has 31 heavy (non-hydrogen) atoms. The number of ether oxygens (including phenoxy) is 2. The quantitative estimate of drug-likeness (QED) is 0.246. The van der Waals surface area contributed by atoms with Crippen LogP contribution < -0.4 is 4.74 Å². The van der Waals surface area contributed by atoms with Gasteiger partial charge in [-0.1, -0.05) is 94.0 Å². The van der Waals surface area contributed by atoms with Gasteiger partial charge in [-0.2, -0.15) is 0 Å². The van der Waals surface area contributed by atoms with Crippen LogP contribution in [0, 0.1) is 11.8 Å². The first-order valence-corrected chi connectivity index (χ1v) is 11.7. The lowest BCUT2D eigenvalue weighted by atomic mass is 9.79. The summed E-state index contributed by atoms with van der Waals surface area (Å²) in [6.45, 7) is 2.62. The first kappa shape index (κ1) is 23.1. The lowest BCUT2D eigenvalue weighted by molar-refractivity contribution is -0.158. The van der Waals surface area contributed by atoms with Gasteiger partial charge in [0.2, 0.25) is 0 Å². The van der Waals surface area contributed by atoms with Crippen molar-refractivity contribution in [2.45, 2.75) is 64.7 Å². The van der Waals surface area contributed by atoms with Gasteiger partial charge in [-0.25, -0.2) is 0 Å². The molecular weight excluding hydrogens is 388 g/mol. The highest BCUT2D eigenvalue weighted by atomic mass is 16.5. The van der Waals surface area contributed by atoms with Crippen LogP contribution in [0.2, 0.25) is 0 Å². The molecule has 0 aromatic heterocycles. The van der Waals surface area contributed by atoms with Crippen LogP contribution in [0.4, 0.5) is 0 Å². The smallest absolute Gasteiger partial charge is 0.315 e. The number of unbranched alkanes of at least 4 members (excludes halogenated alkanes) is 4. The molecule has 2 atom stereocenters. The molecule has 4 heteroatoms. The highest BCUT2D eigenvalue weighted by Gasteiger charge is 2.38. The van der Waals surface area contributed by atoms with E-state index in [-0.39, 0.29) is 11.9 Å². The summed E-state index contributed by atoms with van der Waals surface area (Å²) in [5.41, 5.74) is 1.87. The Morgan fingerprint density at radius 1 is 0.806 bits per heavy atom. The number of hydrogen-bond acceptors (Lipinski definition) is 4.